The number of amidine groups is 1. The molecule has 4 N–H and O–H groups in total. The van der Waals surface area contributed by atoms with Gasteiger partial charge in [0.05, 0.1) is 22.0 Å². The van der Waals surface area contributed by atoms with E-state index in [9.17, 15) is 19.3 Å². The number of benzene rings is 1. The minimum Gasteiger partial charge on any atom is -0.505 e. The van der Waals surface area contributed by atoms with E-state index in [-0.39, 0.29) is 47.4 Å². The Morgan fingerprint density at radius 1 is 1.32 bits per heavy atom. The van der Waals surface area contributed by atoms with Gasteiger partial charge >= 0.3 is 7.52 Å². The lowest BCUT2D eigenvalue weighted by Crippen LogP contribution is -2.35. The smallest absolute Gasteiger partial charge is 0.348 e. The number of carbonyl (C=O) groups is 1. The van der Waals surface area contributed by atoms with Crippen molar-refractivity contribution in [2.75, 3.05) is 26.1 Å². The summed E-state index contributed by atoms with van der Waals surface area (Å²) in [5.41, 5.74) is 4.83. The number of nitrogens with one attached hydrogen (secondary N) is 1. The summed E-state index contributed by atoms with van der Waals surface area (Å²) in [5, 5.41) is 20.6. The molecule has 12 nitrogen and oxygen atoms in total. The molecule has 2 aromatic heterocycles. The Hall–Kier alpha value is -3.51. The van der Waals surface area contributed by atoms with E-state index in [0.717, 1.165) is 0 Å². The first-order valence-electron chi connectivity index (χ1n) is 11.2. The van der Waals surface area contributed by atoms with E-state index in [1.54, 1.807) is 25.3 Å². The van der Waals surface area contributed by atoms with Crippen LogP contribution in [0.15, 0.2) is 45.3 Å². The van der Waals surface area contributed by atoms with Gasteiger partial charge in [-0.05, 0) is 43.0 Å². The third-order valence-electron chi connectivity index (χ3n) is 5.66. The van der Waals surface area contributed by atoms with E-state index in [1.165, 1.54) is 35.3 Å². The molecule has 3 aromatic rings. The highest BCUT2D eigenvalue weighted by atomic mass is 32.1. The van der Waals surface area contributed by atoms with Crippen molar-refractivity contribution in [2.45, 2.75) is 26.0 Å². The number of nitrogens with two attached hydrogens (primary N) is 1. The van der Waals surface area contributed by atoms with E-state index in [4.69, 9.17) is 19.7 Å². The zero-order valence-electron chi connectivity index (χ0n) is 20.3. The predicted molar refractivity (Wildman–Crippen MR) is 140 cm³/mol. The Bertz CT molecular complexity index is 1450. The Morgan fingerprint density at radius 2 is 2.11 bits per heavy atom. The van der Waals surface area contributed by atoms with Crippen LogP contribution in [0.2, 0.25) is 0 Å². The molecule has 0 saturated carbocycles. The molecule has 2 atom stereocenters. The monoisotopic (exact) mass is 547 g/mol. The molecule has 37 heavy (non-hydrogen) atoms. The summed E-state index contributed by atoms with van der Waals surface area (Å²) in [5.74, 6) is -0.962. The van der Waals surface area contributed by atoms with Gasteiger partial charge in [-0.3, -0.25) is 14.2 Å². The fourth-order valence-electron chi connectivity index (χ4n) is 3.61. The van der Waals surface area contributed by atoms with Crippen molar-refractivity contribution in [3.05, 3.63) is 51.6 Å². The summed E-state index contributed by atoms with van der Waals surface area (Å²) in [6.45, 7) is 1.72. The SMILES string of the molecule is COC(C)CCn1nc(-c2cccs2)c(O)c(C2=NP(=O)(OC)c3cc(OCC(N)=O)ccc3N2)c1=O. The van der Waals surface area contributed by atoms with Gasteiger partial charge < -0.3 is 30.2 Å². The maximum Gasteiger partial charge on any atom is 0.348 e. The van der Waals surface area contributed by atoms with Crippen molar-refractivity contribution in [1.82, 2.24) is 9.78 Å². The minimum absolute atomic E-state index is 0.125. The van der Waals surface area contributed by atoms with Gasteiger partial charge in [0.25, 0.3) is 11.5 Å². The van der Waals surface area contributed by atoms with Gasteiger partial charge in [-0.15, -0.1) is 11.3 Å². The number of nitrogens with zero attached hydrogens (tertiary/aromatic N) is 3. The first kappa shape index (κ1) is 26.6. The van der Waals surface area contributed by atoms with E-state index in [0.29, 0.717) is 17.0 Å². The molecule has 4 rings (SSSR count). The number of amides is 1. The number of rotatable bonds is 10. The van der Waals surface area contributed by atoms with Gasteiger partial charge in [0.2, 0.25) is 0 Å². The van der Waals surface area contributed by atoms with Crippen LogP contribution in [0.3, 0.4) is 0 Å². The molecule has 1 aliphatic rings. The Balaban J connectivity index is 1.84. The number of fused-ring (bicyclic) bond motifs is 1. The molecule has 0 spiro atoms. The molecule has 14 heteroatoms. The average Bonchev–Trinajstić information content (AvgIpc) is 3.41. The van der Waals surface area contributed by atoms with Gasteiger partial charge in [0, 0.05) is 20.8 Å². The highest BCUT2D eigenvalue weighted by Crippen LogP contribution is 2.52. The molecule has 0 aliphatic carbocycles. The fourth-order valence-corrected chi connectivity index (χ4v) is 5.85. The predicted octanol–water partition coefficient (Wildman–Crippen LogP) is 2.30. The number of thiophene rings is 1. The first-order chi connectivity index (χ1) is 17.7. The zero-order chi connectivity index (χ0) is 26.7. The Morgan fingerprint density at radius 3 is 2.76 bits per heavy atom. The van der Waals surface area contributed by atoms with Crippen molar-refractivity contribution in [3.63, 3.8) is 0 Å². The summed E-state index contributed by atoms with van der Waals surface area (Å²) >= 11 is 1.34. The van der Waals surface area contributed by atoms with Gasteiger partial charge in [-0.1, -0.05) is 6.07 Å². The van der Waals surface area contributed by atoms with E-state index in [1.807, 2.05) is 12.3 Å². The van der Waals surface area contributed by atoms with E-state index in [2.05, 4.69) is 15.2 Å². The molecule has 196 valence electrons. The highest BCUT2D eigenvalue weighted by Gasteiger charge is 2.36. The fraction of sp³-hybridized carbons (Fsp3) is 0.304. The van der Waals surface area contributed by atoms with Crippen molar-refractivity contribution in [2.24, 2.45) is 10.5 Å². The zero-order valence-corrected chi connectivity index (χ0v) is 22.0. The van der Waals surface area contributed by atoms with Crippen molar-refractivity contribution in [1.29, 1.82) is 0 Å². The van der Waals surface area contributed by atoms with Crippen LogP contribution in [0.25, 0.3) is 10.6 Å². The first-order valence-corrected chi connectivity index (χ1v) is 13.6. The number of aromatic hydroxyl groups is 1. The number of primary amides is 1. The number of ether oxygens (including phenoxy) is 2. The third-order valence-corrected chi connectivity index (χ3v) is 8.47. The second kappa shape index (κ2) is 10.9. The lowest BCUT2D eigenvalue weighted by molar-refractivity contribution is -0.119. The van der Waals surface area contributed by atoms with Crippen LogP contribution in [0.1, 0.15) is 18.9 Å². The van der Waals surface area contributed by atoms with Crippen molar-refractivity contribution >= 4 is 41.6 Å². The molecule has 0 fully saturated rings. The van der Waals surface area contributed by atoms with Crippen molar-refractivity contribution < 1.29 is 28.5 Å². The second-order valence-electron chi connectivity index (χ2n) is 8.12. The topological polar surface area (TPSA) is 167 Å². The molecular weight excluding hydrogens is 521 g/mol. The summed E-state index contributed by atoms with van der Waals surface area (Å²) in [4.78, 5) is 25.2. The molecule has 2 unspecified atom stereocenters. The van der Waals surface area contributed by atoms with Gasteiger partial charge in [0.1, 0.15) is 17.0 Å². The number of hydrogen-bond acceptors (Lipinski definition) is 10. The minimum atomic E-state index is -3.91. The lowest BCUT2D eigenvalue weighted by Gasteiger charge is -2.25. The molecule has 1 aliphatic heterocycles. The van der Waals surface area contributed by atoms with Gasteiger partial charge in [0.15, 0.2) is 18.2 Å². The van der Waals surface area contributed by atoms with Crippen LogP contribution in [-0.2, 0) is 25.2 Å². The number of anilines is 1. The van der Waals surface area contributed by atoms with E-state index < -0.39 is 24.7 Å². The van der Waals surface area contributed by atoms with Gasteiger partial charge in [-0.25, -0.2) is 4.68 Å². The molecule has 1 aromatic carbocycles. The van der Waals surface area contributed by atoms with Crippen LogP contribution >= 0.6 is 18.9 Å². The maximum absolute atomic E-state index is 13.8. The average molecular weight is 548 g/mol. The largest absolute Gasteiger partial charge is 0.505 e. The highest BCUT2D eigenvalue weighted by molar-refractivity contribution is 7.66. The second-order valence-corrected chi connectivity index (χ2v) is 11.2. The number of aromatic nitrogens is 2. The molecule has 3 heterocycles. The van der Waals surface area contributed by atoms with Crippen LogP contribution < -0.4 is 26.7 Å². The van der Waals surface area contributed by atoms with Crippen LogP contribution in [0, 0.1) is 0 Å². The molecule has 0 saturated heterocycles. The molecule has 0 bridgehead atoms. The summed E-state index contributed by atoms with van der Waals surface area (Å²) in [6.07, 6.45) is 0.359. The molecule has 1 amide bonds. The molecular formula is C23H26N5O7PS. The van der Waals surface area contributed by atoms with Crippen LogP contribution in [0.5, 0.6) is 11.5 Å². The number of methoxy groups -OCH3 is 1. The van der Waals surface area contributed by atoms with Crippen molar-refractivity contribution in [3.8, 4) is 22.1 Å². The number of aryl methyl sites for hydroxylation is 1. The number of hydrogen-bond donors (Lipinski definition) is 3. The van der Waals surface area contributed by atoms with Gasteiger partial charge in [-0.2, -0.15) is 9.86 Å². The molecule has 0 radical (unpaired) electrons. The third kappa shape index (κ3) is 5.44. The maximum atomic E-state index is 13.8. The number of carbonyl (C=O) groups excluding carboxylic acids is 1. The van der Waals surface area contributed by atoms with Crippen LogP contribution in [-0.4, -0.2) is 53.6 Å². The Kier molecular flexibility index (Phi) is 7.79. The summed E-state index contributed by atoms with van der Waals surface area (Å²) in [7, 11) is -1.12. The normalized spacial score (nSPS) is 17.4. The summed E-state index contributed by atoms with van der Waals surface area (Å²) < 4.78 is 35.1. The van der Waals surface area contributed by atoms with Crippen LogP contribution in [0.4, 0.5) is 5.69 Å². The summed E-state index contributed by atoms with van der Waals surface area (Å²) in [6, 6.07) is 8.06. The standard InChI is InChI=1S/C23H26N5O7PS/c1-13(33-2)8-9-28-23(31)19(21(30)20(26-28)17-5-4-10-37-17)22-25-15-7-6-14(35-12-18(24)29)11-16(15)36(32,27-22)34-3/h4-7,10-11,13,30H,8-9,12H2,1-3H3,(H2,24,29)(H,25,27,32). The quantitative estimate of drug-likeness (QED) is 0.323. The van der Waals surface area contributed by atoms with E-state index >= 15 is 0 Å². The Labute approximate surface area is 216 Å². The lowest BCUT2D eigenvalue weighted by atomic mass is 10.1.